The number of nitrogens with zero attached hydrogens (tertiary/aromatic N) is 1. The van der Waals surface area contributed by atoms with Crippen LogP contribution in [-0.2, 0) is 4.79 Å². The Labute approximate surface area is 67.0 Å². The first kappa shape index (κ1) is 8.53. The minimum atomic E-state index is -0.663. The molecule has 0 spiro atoms. The van der Waals surface area contributed by atoms with Crippen molar-refractivity contribution in [3.8, 4) is 0 Å². The summed E-state index contributed by atoms with van der Waals surface area (Å²) in [6, 6.07) is 0. The Balaban J connectivity index is 2.63. The smallest absolute Gasteiger partial charge is 0.310 e. The van der Waals surface area contributed by atoms with E-state index in [2.05, 4.69) is 4.90 Å². The maximum absolute atomic E-state index is 10.8. The Kier molecular flexibility index (Phi) is 2.18. The monoisotopic (exact) mass is 157 g/mol. The van der Waals surface area contributed by atoms with Gasteiger partial charge in [-0.2, -0.15) is 0 Å². The fourth-order valence-electron chi connectivity index (χ4n) is 1.67. The zero-order valence-corrected chi connectivity index (χ0v) is 7.13. The maximum atomic E-state index is 10.8. The van der Waals surface area contributed by atoms with E-state index in [0.29, 0.717) is 6.54 Å². The molecule has 1 N–H and O–H groups in total. The van der Waals surface area contributed by atoms with E-state index in [1.165, 1.54) is 0 Å². The van der Waals surface area contributed by atoms with Crippen LogP contribution in [0.25, 0.3) is 0 Å². The molecule has 3 heteroatoms. The van der Waals surface area contributed by atoms with Crippen LogP contribution in [0.5, 0.6) is 0 Å². The fourth-order valence-corrected chi connectivity index (χ4v) is 1.67. The van der Waals surface area contributed by atoms with E-state index in [1.807, 2.05) is 14.0 Å². The molecular formula is C8H15NO2. The van der Waals surface area contributed by atoms with Crippen LogP contribution in [0.3, 0.4) is 0 Å². The lowest BCUT2D eigenvalue weighted by molar-refractivity contribution is -0.150. The first-order valence-electron chi connectivity index (χ1n) is 3.96. The van der Waals surface area contributed by atoms with Crippen molar-refractivity contribution in [2.45, 2.75) is 19.8 Å². The zero-order chi connectivity index (χ0) is 8.48. The van der Waals surface area contributed by atoms with Crippen LogP contribution in [0.4, 0.5) is 0 Å². The predicted octanol–water partition coefficient (Wildman–Crippen LogP) is 0.803. The molecule has 0 radical (unpaired) electrons. The molecule has 1 aliphatic heterocycles. The summed E-state index contributed by atoms with van der Waals surface area (Å²) in [5.74, 6) is -0.663. The van der Waals surface area contributed by atoms with Gasteiger partial charge in [-0.3, -0.25) is 4.79 Å². The number of piperidine rings is 1. The first-order chi connectivity index (χ1) is 5.04. The number of likely N-dealkylation sites (tertiary alicyclic amines) is 1. The Morgan fingerprint density at radius 3 is 2.64 bits per heavy atom. The number of carboxylic acid groups (broad SMARTS) is 1. The van der Waals surface area contributed by atoms with Gasteiger partial charge in [-0.05, 0) is 33.4 Å². The number of hydrogen-bond donors (Lipinski definition) is 1. The molecule has 0 aromatic rings. The summed E-state index contributed by atoms with van der Waals surface area (Å²) >= 11 is 0. The van der Waals surface area contributed by atoms with Crippen LogP contribution < -0.4 is 0 Å². The van der Waals surface area contributed by atoms with Crippen molar-refractivity contribution in [3.63, 3.8) is 0 Å². The average Bonchev–Trinajstić information content (AvgIpc) is 1.86. The Hall–Kier alpha value is -0.570. The summed E-state index contributed by atoms with van der Waals surface area (Å²) < 4.78 is 0. The topological polar surface area (TPSA) is 40.5 Å². The zero-order valence-electron chi connectivity index (χ0n) is 7.13. The third kappa shape index (κ3) is 1.71. The Morgan fingerprint density at radius 1 is 1.64 bits per heavy atom. The standard InChI is InChI=1S/C8H15NO2/c1-8(7(10)11)4-3-5-9(2)6-8/h3-6H2,1-2H3,(H,10,11)/t8-/m0/s1. The highest BCUT2D eigenvalue weighted by atomic mass is 16.4. The molecule has 1 heterocycles. The largest absolute Gasteiger partial charge is 0.481 e. The van der Waals surface area contributed by atoms with Crippen molar-refractivity contribution < 1.29 is 9.90 Å². The lowest BCUT2D eigenvalue weighted by Crippen LogP contribution is -2.44. The summed E-state index contributed by atoms with van der Waals surface area (Å²) in [5, 5.41) is 8.89. The summed E-state index contributed by atoms with van der Waals surface area (Å²) in [5.41, 5.74) is -0.507. The highest BCUT2D eigenvalue weighted by Gasteiger charge is 2.36. The van der Waals surface area contributed by atoms with Crippen LogP contribution in [-0.4, -0.2) is 36.1 Å². The van der Waals surface area contributed by atoms with Gasteiger partial charge in [-0.1, -0.05) is 0 Å². The van der Waals surface area contributed by atoms with E-state index >= 15 is 0 Å². The van der Waals surface area contributed by atoms with Gasteiger partial charge in [0.05, 0.1) is 5.41 Å². The van der Waals surface area contributed by atoms with E-state index in [-0.39, 0.29) is 0 Å². The van der Waals surface area contributed by atoms with Crippen LogP contribution >= 0.6 is 0 Å². The van der Waals surface area contributed by atoms with E-state index in [4.69, 9.17) is 5.11 Å². The highest BCUT2D eigenvalue weighted by Crippen LogP contribution is 2.28. The molecule has 0 bridgehead atoms. The van der Waals surface area contributed by atoms with Crippen molar-refractivity contribution in [2.24, 2.45) is 5.41 Å². The molecule has 0 aromatic carbocycles. The van der Waals surface area contributed by atoms with Crippen LogP contribution in [0.1, 0.15) is 19.8 Å². The molecule has 64 valence electrons. The number of aliphatic carboxylic acids is 1. The van der Waals surface area contributed by atoms with Crippen molar-refractivity contribution in [3.05, 3.63) is 0 Å². The second-order valence-electron chi connectivity index (χ2n) is 3.71. The van der Waals surface area contributed by atoms with Gasteiger partial charge in [0, 0.05) is 6.54 Å². The molecule has 0 aromatic heterocycles. The third-order valence-corrected chi connectivity index (χ3v) is 2.40. The second kappa shape index (κ2) is 2.81. The highest BCUT2D eigenvalue weighted by molar-refractivity contribution is 5.74. The molecule has 1 aliphatic rings. The maximum Gasteiger partial charge on any atom is 0.310 e. The quantitative estimate of drug-likeness (QED) is 0.612. The number of hydrogen-bond acceptors (Lipinski definition) is 2. The van der Waals surface area contributed by atoms with E-state index < -0.39 is 11.4 Å². The molecule has 1 atom stereocenters. The van der Waals surface area contributed by atoms with Crippen LogP contribution in [0.15, 0.2) is 0 Å². The molecule has 1 fully saturated rings. The molecule has 1 rings (SSSR count). The SMILES string of the molecule is CN1CCC[C@](C)(C(=O)O)C1. The number of rotatable bonds is 1. The van der Waals surface area contributed by atoms with Crippen LogP contribution in [0.2, 0.25) is 0 Å². The third-order valence-electron chi connectivity index (χ3n) is 2.40. The number of carbonyl (C=O) groups is 1. The first-order valence-corrected chi connectivity index (χ1v) is 3.96. The lowest BCUT2D eigenvalue weighted by atomic mass is 9.82. The molecule has 0 amide bonds. The molecular weight excluding hydrogens is 142 g/mol. The summed E-state index contributed by atoms with van der Waals surface area (Å²) in [6.07, 6.45) is 1.81. The average molecular weight is 157 g/mol. The van der Waals surface area contributed by atoms with Gasteiger partial charge in [0.25, 0.3) is 0 Å². The number of carboxylic acids is 1. The van der Waals surface area contributed by atoms with E-state index in [9.17, 15) is 4.79 Å². The fraction of sp³-hybridized carbons (Fsp3) is 0.875. The van der Waals surface area contributed by atoms with Gasteiger partial charge in [-0.25, -0.2) is 0 Å². The summed E-state index contributed by atoms with van der Waals surface area (Å²) in [7, 11) is 1.97. The molecule has 3 nitrogen and oxygen atoms in total. The summed E-state index contributed by atoms with van der Waals surface area (Å²) in [4.78, 5) is 12.9. The molecule has 0 unspecified atom stereocenters. The minimum Gasteiger partial charge on any atom is -0.481 e. The normalized spacial score (nSPS) is 33.6. The van der Waals surface area contributed by atoms with Crippen molar-refractivity contribution in [1.82, 2.24) is 4.90 Å². The second-order valence-corrected chi connectivity index (χ2v) is 3.71. The van der Waals surface area contributed by atoms with Gasteiger partial charge in [0.1, 0.15) is 0 Å². The lowest BCUT2D eigenvalue weighted by Gasteiger charge is -2.35. The van der Waals surface area contributed by atoms with Gasteiger partial charge in [0.2, 0.25) is 0 Å². The van der Waals surface area contributed by atoms with Gasteiger partial charge >= 0.3 is 5.97 Å². The van der Waals surface area contributed by atoms with Gasteiger partial charge in [0.15, 0.2) is 0 Å². The van der Waals surface area contributed by atoms with E-state index in [1.54, 1.807) is 0 Å². The van der Waals surface area contributed by atoms with Crippen molar-refractivity contribution in [2.75, 3.05) is 20.1 Å². The Morgan fingerprint density at radius 2 is 2.27 bits per heavy atom. The van der Waals surface area contributed by atoms with Crippen LogP contribution in [0, 0.1) is 5.41 Å². The molecule has 11 heavy (non-hydrogen) atoms. The predicted molar refractivity (Wildman–Crippen MR) is 42.5 cm³/mol. The molecule has 0 saturated carbocycles. The van der Waals surface area contributed by atoms with Gasteiger partial charge < -0.3 is 10.0 Å². The molecule has 1 saturated heterocycles. The van der Waals surface area contributed by atoms with Crippen molar-refractivity contribution in [1.29, 1.82) is 0 Å². The van der Waals surface area contributed by atoms with E-state index in [0.717, 1.165) is 19.4 Å². The molecule has 0 aliphatic carbocycles. The minimum absolute atomic E-state index is 0.507. The summed E-state index contributed by atoms with van der Waals surface area (Å²) in [6.45, 7) is 3.54. The van der Waals surface area contributed by atoms with Crippen molar-refractivity contribution >= 4 is 5.97 Å². The van der Waals surface area contributed by atoms with Gasteiger partial charge in [-0.15, -0.1) is 0 Å². The Bertz CT molecular complexity index is 169.